The minimum atomic E-state index is -0.600. The van der Waals surface area contributed by atoms with Crippen LogP contribution in [-0.4, -0.2) is 46.6 Å². The van der Waals surface area contributed by atoms with E-state index in [0.29, 0.717) is 24.5 Å². The number of benzene rings is 1. The third-order valence-electron chi connectivity index (χ3n) is 5.78. The summed E-state index contributed by atoms with van der Waals surface area (Å²) in [7, 11) is 1.25. The van der Waals surface area contributed by atoms with Crippen LogP contribution >= 0.6 is 0 Å². The Morgan fingerprint density at radius 1 is 1.31 bits per heavy atom. The number of esters is 1. The summed E-state index contributed by atoms with van der Waals surface area (Å²) in [5, 5.41) is 11.7. The van der Waals surface area contributed by atoms with Gasteiger partial charge in [-0.1, -0.05) is 0 Å². The fraction of sp³-hybridized carbons (Fsp3) is 0.500. The molecular formula is C20H23N3O6. The predicted octanol–water partition coefficient (Wildman–Crippen LogP) is 3.28. The molecule has 0 radical (unpaired) electrons. The van der Waals surface area contributed by atoms with Gasteiger partial charge < -0.3 is 14.2 Å². The number of nitro benzene ring substituents is 1. The number of aromatic nitrogens is 2. The smallest absolute Gasteiger partial charge is 0.338 e. The SMILES string of the molecule is COC(=O)c1cc([N+](=O)[O-])c(-n2ccnc2C2CCC3(CC2)OCCO3)cc1C. The van der Waals surface area contributed by atoms with Gasteiger partial charge >= 0.3 is 5.97 Å². The molecule has 2 aliphatic rings. The number of hydrogen-bond acceptors (Lipinski definition) is 7. The van der Waals surface area contributed by atoms with E-state index in [4.69, 9.17) is 14.2 Å². The van der Waals surface area contributed by atoms with E-state index in [1.807, 2.05) is 0 Å². The highest BCUT2D eigenvalue weighted by Crippen LogP contribution is 2.42. The van der Waals surface area contributed by atoms with Gasteiger partial charge in [-0.2, -0.15) is 0 Å². The molecule has 2 heterocycles. The lowest BCUT2D eigenvalue weighted by Crippen LogP contribution is -2.35. The number of nitrogens with zero attached hydrogens (tertiary/aromatic N) is 3. The molecule has 4 rings (SSSR count). The molecule has 154 valence electrons. The monoisotopic (exact) mass is 401 g/mol. The Bertz CT molecular complexity index is 938. The van der Waals surface area contributed by atoms with Gasteiger partial charge in [0.15, 0.2) is 5.79 Å². The largest absolute Gasteiger partial charge is 0.465 e. The molecule has 29 heavy (non-hydrogen) atoms. The van der Waals surface area contributed by atoms with Crippen LogP contribution in [0.5, 0.6) is 0 Å². The maximum Gasteiger partial charge on any atom is 0.338 e. The molecule has 1 aliphatic heterocycles. The molecule has 0 bridgehead atoms. The van der Waals surface area contributed by atoms with Crippen molar-refractivity contribution in [2.75, 3.05) is 20.3 Å². The van der Waals surface area contributed by atoms with Gasteiger partial charge in [0.25, 0.3) is 5.69 Å². The zero-order valence-electron chi connectivity index (χ0n) is 16.4. The van der Waals surface area contributed by atoms with Gasteiger partial charge in [-0.15, -0.1) is 0 Å². The average molecular weight is 401 g/mol. The molecule has 2 aromatic rings. The lowest BCUT2D eigenvalue weighted by Gasteiger charge is -2.35. The summed E-state index contributed by atoms with van der Waals surface area (Å²) in [5.41, 5.74) is 1.01. The highest BCUT2D eigenvalue weighted by Gasteiger charge is 2.41. The molecule has 9 nitrogen and oxygen atoms in total. The molecule has 1 saturated carbocycles. The van der Waals surface area contributed by atoms with E-state index in [9.17, 15) is 14.9 Å². The number of hydrogen-bond donors (Lipinski definition) is 0. The summed E-state index contributed by atoms with van der Waals surface area (Å²) < 4.78 is 18.1. The van der Waals surface area contributed by atoms with E-state index < -0.39 is 16.7 Å². The van der Waals surface area contributed by atoms with Gasteiger partial charge in [-0.3, -0.25) is 14.7 Å². The van der Waals surface area contributed by atoms with E-state index in [0.717, 1.165) is 31.5 Å². The second-order valence-corrected chi connectivity index (χ2v) is 7.44. The van der Waals surface area contributed by atoms with Crippen molar-refractivity contribution in [3.8, 4) is 5.69 Å². The average Bonchev–Trinajstić information content (AvgIpc) is 3.38. The highest BCUT2D eigenvalue weighted by atomic mass is 16.7. The molecule has 1 aromatic carbocycles. The molecule has 1 aromatic heterocycles. The quantitative estimate of drug-likeness (QED) is 0.440. The Morgan fingerprint density at radius 3 is 2.62 bits per heavy atom. The van der Waals surface area contributed by atoms with Crippen LogP contribution in [0.4, 0.5) is 5.69 Å². The van der Waals surface area contributed by atoms with Gasteiger partial charge in [0.1, 0.15) is 11.5 Å². The Kier molecular flexibility index (Phi) is 5.10. The van der Waals surface area contributed by atoms with Crippen LogP contribution in [0.1, 0.15) is 53.3 Å². The lowest BCUT2D eigenvalue weighted by atomic mass is 9.84. The molecule has 9 heteroatoms. The van der Waals surface area contributed by atoms with Crippen LogP contribution < -0.4 is 0 Å². The van der Waals surface area contributed by atoms with Gasteiger partial charge in [0, 0.05) is 37.2 Å². The number of carbonyl (C=O) groups is 1. The molecular weight excluding hydrogens is 378 g/mol. The number of methoxy groups -OCH3 is 1. The molecule has 0 N–H and O–H groups in total. The predicted molar refractivity (Wildman–Crippen MR) is 102 cm³/mol. The number of ether oxygens (including phenoxy) is 3. The van der Waals surface area contributed by atoms with Crippen LogP contribution in [0.15, 0.2) is 24.5 Å². The molecule has 1 spiro atoms. The van der Waals surface area contributed by atoms with Crippen molar-refractivity contribution in [1.82, 2.24) is 9.55 Å². The van der Waals surface area contributed by atoms with Gasteiger partial charge in [0.2, 0.25) is 0 Å². The Hall–Kier alpha value is -2.78. The second-order valence-electron chi connectivity index (χ2n) is 7.44. The summed E-state index contributed by atoms with van der Waals surface area (Å²) in [6.45, 7) is 2.98. The Balaban J connectivity index is 1.68. The maximum atomic E-state index is 12.0. The molecule has 0 unspecified atom stereocenters. The van der Waals surface area contributed by atoms with Crippen LogP contribution in [0.25, 0.3) is 5.69 Å². The van der Waals surface area contributed by atoms with E-state index >= 15 is 0 Å². The molecule has 1 saturated heterocycles. The number of carbonyl (C=O) groups excluding carboxylic acids is 1. The van der Waals surface area contributed by atoms with Gasteiger partial charge in [0.05, 0.1) is 30.8 Å². The number of imidazole rings is 1. The molecule has 0 amide bonds. The van der Waals surface area contributed by atoms with Crippen LogP contribution in [0.2, 0.25) is 0 Å². The van der Waals surface area contributed by atoms with E-state index in [2.05, 4.69) is 4.98 Å². The second kappa shape index (κ2) is 7.57. The summed E-state index contributed by atoms with van der Waals surface area (Å²) in [5.74, 6) is -0.162. The standard InChI is InChI=1S/C20H23N3O6/c1-13-11-16(17(23(25)26)12-15(13)19(24)27-2)22-8-7-21-18(22)14-3-5-20(6-4-14)28-9-10-29-20/h7-8,11-12,14H,3-6,9-10H2,1-2H3. The summed E-state index contributed by atoms with van der Waals surface area (Å²) in [4.78, 5) is 27.7. The Labute approximate surface area is 167 Å². The first kappa shape index (κ1) is 19.5. The lowest BCUT2D eigenvalue weighted by molar-refractivity contribution is -0.384. The van der Waals surface area contributed by atoms with Gasteiger partial charge in [-0.25, -0.2) is 9.78 Å². The van der Waals surface area contributed by atoms with Crippen molar-refractivity contribution in [2.45, 2.75) is 44.3 Å². The van der Waals surface area contributed by atoms with Crippen LogP contribution in [0, 0.1) is 17.0 Å². The minimum Gasteiger partial charge on any atom is -0.465 e. The first-order valence-electron chi connectivity index (χ1n) is 9.63. The highest BCUT2D eigenvalue weighted by molar-refractivity contribution is 5.92. The minimum absolute atomic E-state index is 0.142. The zero-order chi connectivity index (χ0) is 20.6. The van der Waals surface area contributed by atoms with E-state index in [-0.39, 0.29) is 17.2 Å². The van der Waals surface area contributed by atoms with E-state index in [1.54, 1.807) is 30.0 Å². The molecule has 2 fully saturated rings. The summed E-state index contributed by atoms with van der Waals surface area (Å²) in [6, 6.07) is 2.92. The molecule has 1 aliphatic carbocycles. The normalized spacial score (nSPS) is 18.8. The Morgan fingerprint density at radius 2 is 2.00 bits per heavy atom. The summed E-state index contributed by atoms with van der Waals surface area (Å²) >= 11 is 0. The molecule has 0 atom stereocenters. The van der Waals surface area contributed by atoms with Crippen molar-refractivity contribution in [3.63, 3.8) is 0 Å². The number of aryl methyl sites for hydroxylation is 1. The van der Waals surface area contributed by atoms with Crippen molar-refractivity contribution in [2.24, 2.45) is 0 Å². The van der Waals surface area contributed by atoms with Crippen molar-refractivity contribution >= 4 is 11.7 Å². The zero-order valence-corrected chi connectivity index (χ0v) is 16.4. The van der Waals surface area contributed by atoms with Crippen LogP contribution in [-0.2, 0) is 14.2 Å². The first-order chi connectivity index (χ1) is 13.9. The maximum absolute atomic E-state index is 12.0. The van der Waals surface area contributed by atoms with Crippen LogP contribution in [0.3, 0.4) is 0 Å². The fourth-order valence-electron chi connectivity index (χ4n) is 4.27. The van der Waals surface area contributed by atoms with Gasteiger partial charge in [-0.05, 0) is 31.4 Å². The van der Waals surface area contributed by atoms with Crippen molar-refractivity contribution in [1.29, 1.82) is 0 Å². The fourth-order valence-corrected chi connectivity index (χ4v) is 4.27. The third kappa shape index (κ3) is 3.51. The summed E-state index contributed by atoms with van der Waals surface area (Å²) in [6.07, 6.45) is 6.56. The topological polar surface area (TPSA) is 106 Å². The first-order valence-corrected chi connectivity index (χ1v) is 9.63. The third-order valence-corrected chi connectivity index (χ3v) is 5.78. The van der Waals surface area contributed by atoms with E-state index in [1.165, 1.54) is 13.2 Å². The van der Waals surface area contributed by atoms with Crippen molar-refractivity contribution < 1.29 is 23.9 Å². The number of rotatable bonds is 4. The van der Waals surface area contributed by atoms with Crippen molar-refractivity contribution in [3.05, 3.63) is 51.6 Å². The number of nitro groups is 1.